The Kier molecular flexibility index (Phi) is 4.96. The van der Waals surface area contributed by atoms with Crippen LogP contribution in [0.5, 0.6) is 0 Å². The van der Waals surface area contributed by atoms with Crippen LogP contribution in [0.25, 0.3) is 0 Å². The predicted octanol–water partition coefficient (Wildman–Crippen LogP) is -0.256. The van der Waals surface area contributed by atoms with Crippen LogP contribution in [0.2, 0.25) is 0 Å². The SMILES string of the molecule is COC(=O)c1ncc(C(O)C(O)C(=O)OC)cc1C. The van der Waals surface area contributed by atoms with Crippen molar-refractivity contribution < 1.29 is 29.3 Å². The second kappa shape index (κ2) is 6.26. The van der Waals surface area contributed by atoms with Gasteiger partial charge in [0.15, 0.2) is 11.8 Å². The fraction of sp³-hybridized carbons (Fsp3) is 0.417. The highest BCUT2D eigenvalue weighted by atomic mass is 16.5. The van der Waals surface area contributed by atoms with E-state index in [1.165, 1.54) is 19.4 Å². The molecule has 0 spiro atoms. The highest BCUT2D eigenvalue weighted by Gasteiger charge is 2.27. The summed E-state index contributed by atoms with van der Waals surface area (Å²) in [7, 11) is 2.33. The Balaban J connectivity index is 3.01. The first-order valence-corrected chi connectivity index (χ1v) is 5.41. The third-order valence-electron chi connectivity index (χ3n) is 2.56. The van der Waals surface area contributed by atoms with Gasteiger partial charge in [-0.25, -0.2) is 14.6 Å². The largest absolute Gasteiger partial charge is 0.467 e. The number of carbonyl (C=O) groups excluding carboxylic acids is 2. The van der Waals surface area contributed by atoms with Gasteiger partial charge in [0.2, 0.25) is 0 Å². The van der Waals surface area contributed by atoms with E-state index in [1.807, 2.05) is 0 Å². The van der Waals surface area contributed by atoms with E-state index in [2.05, 4.69) is 14.5 Å². The van der Waals surface area contributed by atoms with Gasteiger partial charge in [-0.2, -0.15) is 0 Å². The first-order valence-electron chi connectivity index (χ1n) is 5.41. The lowest BCUT2D eigenvalue weighted by Gasteiger charge is -2.16. The molecule has 0 amide bonds. The number of methoxy groups -OCH3 is 2. The van der Waals surface area contributed by atoms with Crippen molar-refractivity contribution in [3.8, 4) is 0 Å². The van der Waals surface area contributed by atoms with E-state index >= 15 is 0 Å². The minimum Gasteiger partial charge on any atom is -0.467 e. The number of ether oxygens (including phenoxy) is 2. The van der Waals surface area contributed by atoms with Crippen molar-refractivity contribution in [2.45, 2.75) is 19.1 Å². The summed E-state index contributed by atoms with van der Waals surface area (Å²) in [6, 6.07) is 1.44. The highest BCUT2D eigenvalue weighted by Crippen LogP contribution is 2.19. The Bertz CT molecular complexity index is 487. The van der Waals surface area contributed by atoms with E-state index in [4.69, 9.17) is 0 Å². The maximum Gasteiger partial charge on any atom is 0.356 e. The number of aliphatic hydroxyl groups excluding tert-OH is 2. The number of rotatable bonds is 4. The van der Waals surface area contributed by atoms with Crippen molar-refractivity contribution in [1.29, 1.82) is 0 Å². The molecular weight excluding hydrogens is 254 g/mol. The minimum atomic E-state index is -1.71. The number of pyridine rings is 1. The first-order chi connectivity index (χ1) is 8.92. The molecule has 104 valence electrons. The van der Waals surface area contributed by atoms with Crippen LogP contribution < -0.4 is 0 Å². The van der Waals surface area contributed by atoms with Crippen molar-refractivity contribution in [2.75, 3.05) is 14.2 Å². The molecule has 1 aromatic heterocycles. The predicted molar refractivity (Wildman–Crippen MR) is 63.3 cm³/mol. The summed E-state index contributed by atoms with van der Waals surface area (Å²) < 4.78 is 8.85. The van der Waals surface area contributed by atoms with Crippen molar-refractivity contribution in [1.82, 2.24) is 4.98 Å². The Labute approximate surface area is 109 Å². The molecule has 0 aliphatic carbocycles. The summed E-state index contributed by atoms with van der Waals surface area (Å²) >= 11 is 0. The molecule has 2 atom stereocenters. The van der Waals surface area contributed by atoms with Crippen molar-refractivity contribution in [3.63, 3.8) is 0 Å². The van der Waals surface area contributed by atoms with Gasteiger partial charge in [0.25, 0.3) is 0 Å². The Morgan fingerprint density at radius 3 is 2.37 bits per heavy atom. The van der Waals surface area contributed by atoms with Gasteiger partial charge < -0.3 is 19.7 Å². The van der Waals surface area contributed by atoms with Gasteiger partial charge >= 0.3 is 11.9 Å². The Morgan fingerprint density at radius 1 is 1.26 bits per heavy atom. The lowest BCUT2D eigenvalue weighted by atomic mass is 10.0. The third-order valence-corrected chi connectivity index (χ3v) is 2.56. The zero-order chi connectivity index (χ0) is 14.6. The van der Waals surface area contributed by atoms with E-state index in [-0.39, 0.29) is 11.3 Å². The molecule has 0 aliphatic rings. The number of aliphatic hydroxyl groups is 2. The lowest BCUT2D eigenvalue weighted by molar-refractivity contribution is -0.156. The number of hydrogen-bond donors (Lipinski definition) is 2. The van der Waals surface area contributed by atoms with Crippen molar-refractivity contribution in [3.05, 3.63) is 29.1 Å². The van der Waals surface area contributed by atoms with Gasteiger partial charge in [-0.05, 0) is 18.6 Å². The number of carbonyl (C=O) groups is 2. The van der Waals surface area contributed by atoms with E-state index in [0.29, 0.717) is 5.56 Å². The Morgan fingerprint density at radius 2 is 1.89 bits per heavy atom. The van der Waals surface area contributed by atoms with Crippen LogP contribution >= 0.6 is 0 Å². The average molecular weight is 269 g/mol. The molecule has 2 unspecified atom stereocenters. The molecule has 0 saturated carbocycles. The van der Waals surface area contributed by atoms with Crippen molar-refractivity contribution in [2.24, 2.45) is 0 Å². The van der Waals surface area contributed by atoms with Crippen LogP contribution in [0, 0.1) is 6.92 Å². The van der Waals surface area contributed by atoms with Crippen LogP contribution in [0.3, 0.4) is 0 Å². The molecule has 0 radical (unpaired) electrons. The average Bonchev–Trinajstić information content (AvgIpc) is 2.43. The van der Waals surface area contributed by atoms with Crippen LogP contribution in [-0.4, -0.2) is 47.5 Å². The molecule has 7 heteroatoms. The van der Waals surface area contributed by atoms with Gasteiger partial charge in [-0.1, -0.05) is 0 Å². The van der Waals surface area contributed by atoms with Gasteiger partial charge in [0.05, 0.1) is 14.2 Å². The van der Waals surface area contributed by atoms with Crippen LogP contribution in [0.1, 0.15) is 27.7 Å². The summed E-state index contributed by atoms with van der Waals surface area (Å²) in [5, 5.41) is 19.3. The van der Waals surface area contributed by atoms with Crippen LogP contribution in [-0.2, 0) is 14.3 Å². The lowest BCUT2D eigenvalue weighted by Crippen LogP contribution is -2.29. The molecule has 0 bridgehead atoms. The fourth-order valence-electron chi connectivity index (χ4n) is 1.50. The molecule has 7 nitrogen and oxygen atoms in total. The smallest absolute Gasteiger partial charge is 0.356 e. The molecular formula is C12H15NO6. The van der Waals surface area contributed by atoms with Crippen LogP contribution in [0.15, 0.2) is 12.3 Å². The number of nitrogens with zero attached hydrogens (tertiary/aromatic N) is 1. The monoisotopic (exact) mass is 269 g/mol. The second-order valence-electron chi connectivity index (χ2n) is 3.84. The Hall–Kier alpha value is -1.99. The van der Waals surface area contributed by atoms with E-state index in [9.17, 15) is 19.8 Å². The van der Waals surface area contributed by atoms with Crippen LogP contribution in [0.4, 0.5) is 0 Å². The quantitative estimate of drug-likeness (QED) is 0.725. The molecule has 19 heavy (non-hydrogen) atoms. The zero-order valence-electron chi connectivity index (χ0n) is 10.8. The van der Waals surface area contributed by atoms with Gasteiger partial charge in [-0.15, -0.1) is 0 Å². The number of aryl methyl sites for hydroxylation is 1. The topological polar surface area (TPSA) is 106 Å². The molecule has 0 saturated heterocycles. The summed E-state index contributed by atoms with van der Waals surface area (Å²) in [4.78, 5) is 26.3. The molecule has 1 heterocycles. The van der Waals surface area contributed by atoms with E-state index in [0.717, 1.165) is 7.11 Å². The summed E-state index contributed by atoms with van der Waals surface area (Å²) in [5.41, 5.74) is 0.759. The minimum absolute atomic E-state index is 0.103. The van der Waals surface area contributed by atoms with Gasteiger partial charge in [-0.3, -0.25) is 0 Å². The van der Waals surface area contributed by atoms with E-state index < -0.39 is 24.1 Å². The summed E-state index contributed by atoms with van der Waals surface area (Å²) in [5.74, 6) is -1.56. The molecule has 0 fully saturated rings. The molecule has 1 rings (SSSR count). The first kappa shape index (κ1) is 15.1. The highest BCUT2D eigenvalue weighted by molar-refractivity contribution is 5.88. The molecule has 0 aliphatic heterocycles. The summed E-state index contributed by atoms with van der Waals surface area (Å²) in [6.07, 6.45) is -2.00. The molecule has 0 aromatic carbocycles. The number of hydrogen-bond acceptors (Lipinski definition) is 7. The standard InChI is InChI=1S/C12H15NO6/c1-6-4-7(5-13-8(6)11(16)18-2)9(14)10(15)12(17)19-3/h4-5,9-10,14-15H,1-3H3. The van der Waals surface area contributed by atoms with Gasteiger partial charge in [0.1, 0.15) is 6.10 Å². The number of aromatic nitrogens is 1. The van der Waals surface area contributed by atoms with E-state index in [1.54, 1.807) is 6.92 Å². The van der Waals surface area contributed by atoms with Crippen molar-refractivity contribution >= 4 is 11.9 Å². The third kappa shape index (κ3) is 3.27. The normalized spacial score (nSPS) is 13.5. The maximum absolute atomic E-state index is 11.3. The second-order valence-corrected chi connectivity index (χ2v) is 3.84. The molecule has 2 N–H and O–H groups in total. The summed E-state index contributed by atoms with van der Waals surface area (Å²) in [6.45, 7) is 1.60. The molecule has 1 aromatic rings. The number of esters is 2. The fourth-order valence-corrected chi connectivity index (χ4v) is 1.50. The van der Waals surface area contributed by atoms with Gasteiger partial charge in [0, 0.05) is 11.8 Å². The maximum atomic E-state index is 11.3. The zero-order valence-corrected chi connectivity index (χ0v) is 10.8.